The maximum absolute atomic E-state index is 6.17. The molecule has 110 valence electrons. The molecule has 7 heteroatoms. The molecular formula is C13H19ClN4OS. The molecule has 0 amide bonds. The minimum atomic E-state index is 0.258. The second-order valence-corrected chi connectivity index (χ2v) is 6.15. The van der Waals surface area contributed by atoms with Crippen LogP contribution in [0.4, 0.5) is 0 Å². The van der Waals surface area contributed by atoms with Gasteiger partial charge in [0.05, 0.1) is 18.4 Å². The molecule has 1 N–H and O–H groups in total. The van der Waals surface area contributed by atoms with Gasteiger partial charge in [-0.25, -0.2) is 4.98 Å². The maximum Gasteiger partial charge on any atom is 0.195 e. The van der Waals surface area contributed by atoms with E-state index in [-0.39, 0.29) is 6.10 Å². The van der Waals surface area contributed by atoms with Crippen molar-refractivity contribution >= 4 is 27.9 Å². The van der Waals surface area contributed by atoms with E-state index in [1.54, 1.807) is 11.3 Å². The molecule has 1 fully saturated rings. The van der Waals surface area contributed by atoms with Crippen LogP contribution in [0.25, 0.3) is 4.96 Å². The third-order valence-corrected chi connectivity index (χ3v) is 4.71. The number of hydrogen-bond donors (Lipinski definition) is 1. The van der Waals surface area contributed by atoms with E-state index in [1.165, 1.54) is 0 Å². The highest BCUT2D eigenvalue weighted by molar-refractivity contribution is 7.15. The summed E-state index contributed by atoms with van der Waals surface area (Å²) in [7, 11) is 0. The first kappa shape index (κ1) is 14.3. The van der Waals surface area contributed by atoms with E-state index in [1.807, 2.05) is 16.0 Å². The molecule has 0 saturated carbocycles. The molecule has 2 aromatic heterocycles. The monoisotopic (exact) mass is 314 g/mol. The number of rotatable bonds is 5. The van der Waals surface area contributed by atoms with Gasteiger partial charge in [-0.05, 0) is 6.54 Å². The summed E-state index contributed by atoms with van der Waals surface area (Å²) in [5, 5.41) is 6.04. The number of nitrogens with one attached hydrogen (secondary N) is 1. The first-order valence-corrected chi connectivity index (χ1v) is 8.18. The average molecular weight is 315 g/mol. The molecule has 1 aliphatic heterocycles. The fourth-order valence-electron chi connectivity index (χ4n) is 2.51. The molecule has 3 rings (SSSR count). The fourth-order valence-corrected chi connectivity index (χ4v) is 3.53. The van der Waals surface area contributed by atoms with E-state index in [0.29, 0.717) is 11.7 Å². The molecule has 0 spiro atoms. The lowest BCUT2D eigenvalue weighted by atomic mass is 10.2. The third kappa shape index (κ3) is 2.99. The van der Waals surface area contributed by atoms with Gasteiger partial charge in [0.1, 0.15) is 0 Å². The van der Waals surface area contributed by atoms with Crippen molar-refractivity contribution in [2.45, 2.75) is 19.6 Å². The Balaban J connectivity index is 1.54. The van der Waals surface area contributed by atoms with Crippen LogP contribution < -0.4 is 5.32 Å². The summed E-state index contributed by atoms with van der Waals surface area (Å²) < 4.78 is 7.82. The molecule has 3 heterocycles. The number of nitrogens with zero attached hydrogens (tertiary/aromatic N) is 3. The lowest BCUT2D eigenvalue weighted by Crippen LogP contribution is -2.46. The molecule has 0 aliphatic carbocycles. The maximum atomic E-state index is 6.17. The molecule has 5 nitrogen and oxygen atoms in total. The summed E-state index contributed by atoms with van der Waals surface area (Å²) in [6, 6.07) is 0. The van der Waals surface area contributed by atoms with E-state index < -0.39 is 0 Å². The Labute approximate surface area is 127 Å². The number of ether oxygens (including phenoxy) is 1. The SMILES string of the molecule is CCN1CCOC(CNCc2c(Cl)nc3sccn23)C1. The van der Waals surface area contributed by atoms with Crippen LogP contribution in [0.5, 0.6) is 0 Å². The zero-order valence-corrected chi connectivity index (χ0v) is 13.1. The summed E-state index contributed by atoms with van der Waals surface area (Å²) in [4.78, 5) is 7.69. The highest BCUT2D eigenvalue weighted by Gasteiger charge is 2.19. The van der Waals surface area contributed by atoms with Gasteiger partial charge < -0.3 is 10.1 Å². The van der Waals surface area contributed by atoms with Crippen molar-refractivity contribution in [2.75, 3.05) is 32.8 Å². The minimum Gasteiger partial charge on any atom is -0.374 e. The number of morpholine rings is 1. The summed E-state index contributed by atoms with van der Waals surface area (Å²) in [5.74, 6) is 0. The molecule has 1 unspecified atom stereocenters. The number of likely N-dealkylation sites (N-methyl/N-ethyl adjacent to an activating group) is 1. The smallest absolute Gasteiger partial charge is 0.195 e. The van der Waals surface area contributed by atoms with E-state index >= 15 is 0 Å². The van der Waals surface area contributed by atoms with Crippen LogP contribution in [0.1, 0.15) is 12.6 Å². The Hall–Kier alpha value is -0.660. The molecule has 1 atom stereocenters. The molecule has 0 bridgehead atoms. The van der Waals surface area contributed by atoms with Gasteiger partial charge in [-0.3, -0.25) is 9.30 Å². The van der Waals surface area contributed by atoms with Gasteiger partial charge in [-0.1, -0.05) is 18.5 Å². The van der Waals surface area contributed by atoms with Crippen molar-refractivity contribution in [1.82, 2.24) is 19.6 Å². The Bertz CT molecular complexity index is 570. The lowest BCUT2D eigenvalue weighted by molar-refractivity contribution is -0.0254. The average Bonchev–Trinajstić information content (AvgIpc) is 3.01. The Morgan fingerprint density at radius 2 is 2.50 bits per heavy atom. The molecule has 0 aromatic carbocycles. The van der Waals surface area contributed by atoms with Crippen LogP contribution >= 0.6 is 22.9 Å². The quantitative estimate of drug-likeness (QED) is 0.914. The normalized spacial score (nSPS) is 20.8. The molecule has 0 radical (unpaired) electrons. The number of halogens is 1. The van der Waals surface area contributed by atoms with Gasteiger partial charge in [0.15, 0.2) is 10.1 Å². The molecule has 2 aromatic rings. The molecule has 1 aliphatic rings. The summed E-state index contributed by atoms with van der Waals surface area (Å²) in [6.45, 7) is 7.68. The van der Waals surface area contributed by atoms with Crippen molar-refractivity contribution < 1.29 is 4.74 Å². The van der Waals surface area contributed by atoms with Gasteiger partial charge in [-0.15, -0.1) is 11.3 Å². The third-order valence-electron chi connectivity index (χ3n) is 3.65. The number of hydrogen-bond acceptors (Lipinski definition) is 5. The summed E-state index contributed by atoms with van der Waals surface area (Å²) in [5.41, 5.74) is 1.02. The molecule has 1 saturated heterocycles. The summed E-state index contributed by atoms with van der Waals surface area (Å²) in [6.07, 6.45) is 2.26. The van der Waals surface area contributed by atoms with E-state index in [0.717, 1.165) is 43.4 Å². The van der Waals surface area contributed by atoms with Gasteiger partial charge in [0, 0.05) is 37.8 Å². The van der Waals surface area contributed by atoms with Crippen LogP contribution in [0, 0.1) is 0 Å². The van der Waals surface area contributed by atoms with Crippen molar-refractivity contribution in [3.63, 3.8) is 0 Å². The zero-order chi connectivity index (χ0) is 13.9. The number of imidazole rings is 1. The fraction of sp³-hybridized carbons (Fsp3) is 0.615. The predicted molar refractivity (Wildman–Crippen MR) is 81.6 cm³/mol. The van der Waals surface area contributed by atoms with Crippen LogP contribution in [0.3, 0.4) is 0 Å². The zero-order valence-electron chi connectivity index (χ0n) is 11.5. The van der Waals surface area contributed by atoms with E-state index in [9.17, 15) is 0 Å². The largest absolute Gasteiger partial charge is 0.374 e. The number of fused-ring (bicyclic) bond motifs is 1. The minimum absolute atomic E-state index is 0.258. The highest BCUT2D eigenvalue weighted by Crippen LogP contribution is 2.21. The van der Waals surface area contributed by atoms with Crippen molar-refractivity contribution in [3.05, 3.63) is 22.4 Å². The van der Waals surface area contributed by atoms with Gasteiger partial charge >= 0.3 is 0 Å². The summed E-state index contributed by atoms with van der Waals surface area (Å²) >= 11 is 7.77. The van der Waals surface area contributed by atoms with E-state index in [2.05, 4.69) is 22.1 Å². The Kier molecular flexibility index (Phi) is 4.58. The van der Waals surface area contributed by atoms with Crippen molar-refractivity contribution in [3.8, 4) is 0 Å². The van der Waals surface area contributed by atoms with Crippen LogP contribution in [-0.4, -0.2) is 53.2 Å². The molecule has 20 heavy (non-hydrogen) atoms. The van der Waals surface area contributed by atoms with Crippen LogP contribution in [-0.2, 0) is 11.3 Å². The number of thiazole rings is 1. The topological polar surface area (TPSA) is 41.8 Å². The Morgan fingerprint density at radius 3 is 3.35 bits per heavy atom. The van der Waals surface area contributed by atoms with Crippen molar-refractivity contribution in [1.29, 1.82) is 0 Å². The van der Waals surface area contributed by atoms with E-state index in [4.69, 9.17) is 16.3 Å². The second-order valence-electron chi connectivity index (χ2n) is 4.92. The van der Waals surface area contributed by atoms with Gasteiger partial charge in [-0.2, -0.15) is 0 Å². The Morgan fingerprint density at radius 1 is 1.60 bits per heavy atom. The second kappa shape index (κ2) is 6.41. The highest BCUT2D eigenvalue weighted by atomic mass is 35.5. The number of aromatic nitrogens is 2. The first-order valence-electron chi connectivity index (χ1n) is 6.92. The van der Waals surface area contributed by atoms with Gasteiger partial charge in [0.2, 0.25) is 0 Å². The lowest BCUT2D eigenvalue weighted by Gasteiger charge is -2.32. The first-order chi connectivity index (χ1) is 9.78. The standard InChI is InChI=1S/C13H19ClN4OS/c1-2-17-3-5-19-10(9-17)7-15-8-11-12(14)16-13-18(11)4-6-20-13/h4,6,10,15H,2-3,5,7-9H2,1H3. The molecular weight excluding hydrogens is 296 g/mol. The van der Waals surface area contributed by atoms with Crippen LogP contribution in [0.2, 0.25) is 5.15 Å². The van der Waals surface area contributed by atoms with Gasteiger partial charge in [0.25, 0.3) is 0 Å². The van der Waals surface area contributed by atoms with Crippen LogP contribution in [0.15, 0.2) is 11.6 Å². The predicted octanol–water partition coefficient (Wildman–Crippen LogP) is 1.86. The van der Waals surface area contributed by atoms with Crippen molar-refractivity contribution in [2.24, 2.45) is 0 Å².